The molecule has 0 unspecified atom stereocenters. The van der Waals surface area contributed by atoms with Gasteiger partial charge in [-0.25, -0.2) is 9.37 Å². The third-order valence-electron chi connectivity index (χ3n) is 5.23. The Bertz CT molecular complexity index is 821. The normalized spacial score (nSPS) is 16.0. The molecule has 156 valence electrons. The van der Waals surface area contributed by atoms with Crippen molar-refractivity contribution in [1.29, 1.82) is 0 Å². The summed E-state index contributed by atoms with van der Waals surface area (Å²) in [5.74, 6) is 0.300. The van der Waals surface area contributed by atoms with Crippen molar-refractivity contribution in [3.05, 3.63) is 53.7 Å². The third kappa shape index (κ3) is 5.23. The molecule has 0 aliphatic carbocycles. The largest absolute Gasteiger partial charge is 0.371 e. The molecule has 3 rings (SSSR count). The average molecular weight is 400 g/mol. The molecule has 0 atom stereocenters. The van der Waals surface area contributed by atoms with Crippen molar-refractivity contribution in [2.24, 2.45) is 0 Å². The maximum Gasteiger partial charge on any atom is 0.264 e. The Labute approximate surface area is 171 Å². The maximum absolute atomic E-state index is 15.4. The molecule has 1 aromatic heterocycles. The van der Waals surface area contributed by atoms with Crippen molar-refractivity contribution in [1.82, 2.24) is 10.4 Å². The lowest BCUT2D eigenvalue weighted by molar-refractivity contribution is -0.126. The molecule has 1 aliphatic rings. The fourth-order valence-corrected chi connectivity index (χ4v) is 3.53. The van der Waals surface area contributed by atoms with E-state index in [0.29, 0.717) is 31.7 Å². The molecule has 29 heavy (non-hydrogen) atoms. The van der Waals surface area contributed by atoms with Crippen LogP contribution in [0.3, 0.4) is 0 Å². The zero-order valence-corrected chi connectivity index (χ0v) is 17.2. The van der Waals surface area contributed by atoms with Crippen molar-refractivity contribution >= 4 is 17.4 Å². The quantitative estimate of drug-likeness (QED) is 0.694. The molecule has 1 aromatic carbocycles. The number of nitrogens with zero attached hydrogens (tertiary/aromatic N) is 2. The van der Waals surface area contributed by atoms with Crippen LogP contribution in [0.15, 0.2) is 42.6 Å². The van der Waals surface area contributed by atoms with Crippen LogP contribution in [0.1, 0.15) is 37.8 Å². The van der Waals surface area contributed by atoms with Gasteiger partial charge in [-0.05, 0) is 32.4 Å². The van der Waals surface area contributed by atoms with Gasteiger partial charge in [0.2, 0.25) is 0 Å². The zero-order valence-electron chi connectivity index (χ0n) is 17.2. The van der Waals surface area contributed by atoms with E-state index in [2.05, 4.69) is 20.7 Å². The van der Waals surface area contributed by atoms with E-state index in [1.165, 1.54) is 0 Å². The fourth-order valence-electron chi connectivity index (χ4n) is 3.53. The first-order valence-electron chi connectivity index (χ1n) is 10.0. The second-order valence-electron chi connectivity index (χ2n) is 7.65. The maximum atomic E-state index is 15.4. The third-order valence-corrected chi connectivity index (χ3v) is 5.23. The number of ether oxygens (including phenoxy) is 1. The summed E-state index contributed by atoms with van der Waals surface area (Å²) in [5, 5.41) is 0. The average Bonchev–Trinajstić information content (AvgIpc) is 2.73. The lowest BCUT2D eigenvalue weighted by atomic mass is 9.86. The molecule has 1 aliphatic heterocycles. The highest BCUT2D eigenvalue weighted by atomic mass is 19.1. The molecule has 0 saturated carbocycles. The molecule has 0 bridgehead atoms. The minimum atomic E-state index is -1.29. The standard InChI is InChI=1S/C22H29FN4O2/c1-16(2)29-15-20(28)25-26-21-17(3)19(9-12-24-21)27-13-10-22(23,11-14-27)18-7-5-4-6-8-18/h4-9,12,16H,10-11,13-15H2,1-3H3,(H,24,26)(H,25,28). The predicted octanol–water partition coefficient (Wildman–Crippen LogP) is 3.72. The molecule has 1 amide bonds. The summed E-state index contributed by atoms with van der Waals surface area (Å²) in [6.45, 7) is 6.90. The van der Waals surface area contributed by atoms with E-state index in [9.17, 15) is 4.79 Å². The smallest absolute Gasteiger partial charge is 0.264 e. The van der Waals surface area contributed by atoms with Crippen molar-refractivity contribution in [2.75, 3.05) is 30.0 Å². The Morgan fingerprint density at radius 2 is 1.93 bits per heavy atom. The summed E-state index contributed by atoms with van der Waals surface area (Å²) in [6, 6.07) is 11.3. The minimum Gasteiger partial charge on any atom is -0.371 e. The van der Waals surface area contributed by atoms with Crippen LogP contribution in [-0.4, -0.2) is 36.7 Å². The Kier molecular flexibility index (Phi) is 6.69. The van der Waals surface area contributed by atoms with Crippen LogP contribution in [0.2, 0.25) is 0 Å². The van der Waals surface area contributed by atoms with E-state index >= 15 is 4.39 Å². The Morgan fingerprint density at radius 3 is 2.59 bits per heavy atom. The number of hydrogen-bond donors (Lipinski definition) is 2. The van der Waals surface area contributed by atoms with Crippen LogP contribution in [0, 0.1) is 6.92 Å². The van der Waals surface area contributed by atoms with Gasteiger partial charge in [0, 0.05) is 43.4 Å². The molecule has 2 N–H and O–H groups in total. The van der Waals surface area contributed by atoms with E-state index in [0.717, 1.165) is 16.8 Å². The number of hydrazine groups is 1. The first-order valence-corrected chi connectivity index (χ1v) is 10.0. The Hall–Kier alpha value is -2.67. The van der Waals surface area contributed by atoms with Crippen molar-refractivity contribution < 1.29 is 13.9 Å². The molecule has 2 heterocycles. The number of anilines is 2. The summed E-state index contributed by atoms with van der Waals surface area (Å²) in [4.78, 5) is 18.3. The second kappa shape index (κ2) is 9.22. The molecule has 0 radical (unpaired) electrons. The molecule has 0 spiro atoms. The number of aromatic nitrogens is 1. The highest BCUT2D eigenvalue weighted by molar-refractivity contribution is 5.79. The lowest BCUT2D eigenvalue weighted by Gasteiger charge is -2.38. The minimum absolute atomic E-state index is 0.0125. The van der Waals surface area contributed by atoms with Crippen LogP contribution in [0.4, 0.5) is 15.9 Å². The topological polar surface area (TPSA) is 66.5 Å². The van der Waals surface area contributed by atoms with E-state index < -0.39 is 5.67 Å². The van der Waals surface area contributed by atoms with E-state index in [4.69, 9.17) is 4.74 Å². The van der Waals surface area contributed by atoms with Gasteiger partial charge in [-0.15, -0.1) is 0 Å². The SMILES string of the molecule is Cc1c(N2CCC(F)(c3ccccc3)CC2)ccnc1NNC(=O)COC(C)C. The van der Waals surface area contributed by atoms with Crippen molar-refractivity contribution in [3.8, 4) is 0 Å². The van der Waals surface area contributed by atoms with Gasteiger partial charge in [0.15, 0.2) is 0 Å². The molecule has 1 saturated heterocycles. The number of carbonyl (C=O) groups is 1. The number of carbonyl (C=O) groups excluding carboxylic acids is 1. The summed E-state index contributed by atoms with van der Waals surface area (Å²) in [5.41, 5.74) is 6.83. The van der Waals surface area contributed by atoms with Gasteiger partial charge >= 0.3 is 0 Å². The van der Waals surface area contributed by atoms with Gasteiger partial charge in [0.05, 0.1) is 6.10 Å². The first-order chi connectivity index (χ1) is 13.9. The number of benzene rings is 1. The lowest BCUT2D eigenvalue weighted by Crippen LogP contribution is -2.40. The highest BCUT2D eigenvalue weighted by Crippen LogP contribution is 2.39. The number of rotatable bonds is 7. The Morgan fingerprint density at radius 1 is 1.24 bits per heavy atom. The molecule has 1 fully saturated rings. The van der Waals surface area contributed by atoms with E-state index in [-0.39, 0.29) is 18.6 Å². The monoisotopic (exact) mass is 400 g/mol. The number of pyridine rings is 1. The summed E-state index contributed by atoms with van der Waals surface area (Å²) >= 11 is 0. The van der Waals surface area contributed by atoms with Gasteiger partial charge in [-0.1, -0.05) is 30.3 Å². The van der Waals surface area contributed by atoms with Crippen LogP contribution < -0.4 is 15.8 Å². The highest BCUT2D eigenvalue weighted by Gasteiger charge is 2.36. The molecular weight excluding hydrogens is 371 g/mol. The number of halogens is 1. The molecule has 2 aromatic rings. The summed E-state index contributed by atoms with van der Waals surface area (Å²) in [6.07, 6.45) is 2.55. The fraction of sp³-hybridized carbons (Fsp3) is 0.455. The van der Waals surface area contributed by atoms with E-state index in [1.807, 2.05) is 57.2 Å². The number of alkyl halides is 1. The predicted molar refractivity (Wildman–Crippen MR) is 113 cm³/mol. The van der Waals surface area contributed by atoms with Gasteiger partial charge in [-0.3, -0.25) is 15.6 Å². The Balaban J connectivity index is 1.62. The van der Waals surface area contributed by atoms with Crippen LogP contribution >= 0.6 is 0 Å². The van der Waals surface area contributed by atoms with Gasteiger partial charge in [0.25, 0.3) is 5.91 Å². The zero-order chi connectivity index (χ0) is 20.9. The first kappa shape index (κ1) is 21.0. The van der Waals surface area contributed by atoms with Gasteiger partial charge in [-0.2, -0.15) is 0 Å². The van der Waals surface area contributed by atoms with Crippen LogP contribution in [0.25, 0.3) is 0 Å². The van der Waals surface area contributed by atoms with Crippen molar-refractivity contribution in [3.63, 3.8) is 0 Å². The molecule has 7 heteroatoms. The van der Waals surface area contributed by atoms with Gasteiger partial charge in [0.1, 0.15) is 18.1 Å². The number of nitrogens with one attached hydrogen (secondary N) is 2. The summed E-state index contributed by atoms with van der Waals surface area (Å²) in [7, 11) is 0. The number of hydrogen-bond acceptors (Lipinski definition) is 5. The van der Waals surface area contributed by atoms with E-state index in [1.54, 1.807) is 6.20 Å². The second-order valence-corrected chi connectivity index (χ2v) is 7.65. The number of piperidine rings is 1. The van der Waals surface area contributed by atoms with Crippen molar-refractivity contribution in [2.45, 2.75) is 45.4 Å². The number of amides is 1. The molecular formula is C22H29FN4O2. The summed E-state index contributed by atoms with van der Waals surface area (Å²) < 4.78 is 20.7. The molecule has 6 nitrogen and oxygen atoms in total. The van der Waals surface area contributed by atoms with Crippen LogP contribution in [0.5, 0.6) is 0 Å². The van der Waals surface area contributed by atoms with Gasteiger partial charge < -0.3 is 9.64 Å². The van der Waals surface area contributed by atoms with Crippen LogP contribution in [-0.2, 0) is 15.2 Å².